The quantitative estimate of drug-likeness (QED) is 0.593. The van der Waals surface area contributed by atoms with E-state index < -0.39 is 0 Å². The van der Waals surface area contributed by atoms with Crippen LogP contribution in [0.5, 0.6) is 0 Å². The number of hydrogen-bond donors (Lipinski definition) is 2. The van der Waals surface area contributed by atoms with Gasteiger partial charge in [0.05, 0.1) is 10.7 Å². The van der Waals surface area contributed by atoms with Gasteiger partial charge in [0.1, 0.15) is 0 Å². The summed E-state index contributed by atoms with van der Waals surface area (Å²) >= 11 is 1.71. The highest BCUT2D eigenvalue weighted by Gasteiger charge is 2.17. The van der Waals surface area contributed by atoms with Gasteiger partial charge in [0, 0.05) is 44.5 Å². The fourth-order valence-corrected chi connectivity index (χ4v) is 3.75. The third-order valence-electron chi connectivity index (χ3n) is 4.52. The Bertz CT molecular complexity index is 479. The fourth-order valence-electron chi connectivity index (χ4n) is 3.11. The number of nitrogens with zero attached hydrogens (tertiary/aromatic N) is 3. The highest BCUT2D eigenvalue weighted by Crippen LogP contribution is 2.21. The third-order valence-corrected chi connectivity index (χ3v) is 5.34. The van der Waals surface area contributed by atoms with E-state index in [1.54, 1.807) is 11.3 Å². The van der Waals surface area contributed by atoms with E-state index in [4.69, 9.17) is 0 Å². The number of rotatable bonds is 7. The molecule has 0 radical (unpaired) electrons. The minimum Gasteiger partial charge on any atom is -0.356 e. The summed E-state index contributed by atoms with van der Waals surface area (Å²) < 4.78 is 0. The van der Waals surface area contributed by atoms with Crippen molar-refractivity contribution in [1.29, 1.82) is 0 Å². The molecule has 0 aromatic carbocycles. The molecule has 1 saturated carbocycles. The highest BCUT2D eigenvalue weighted by atomic mass is 32.1. The topological polar surface area (TPSA) is 52.6 Å². The minimum atomic E-state index is 0.772. The maximum absolute atomic E-state index is 4.48. The lowest BCUT2D eigenvalue weighted by Gasteiger charge is -2.31. The van der Waals surface area contributed by atoms with Gasteiger partial charge in [-0.3, -0.25) is 4.99 Å². The molecule has 6 heteroatoms. The average Bonchev–Trinajstić information content (AvgIpc) is 2.99. The number of thiazole rings is 1. The van der Waals surface area contributed by atoms with E-state index in [9.17, 15) is 0 Å². The van der Waals surface area contributed by atoms with Crippen molar-refractivity contribution in [2.75, 3.05) is 33.7 Å². The van der Waals surface area contributed by atoms with Crippen molar-refractivity contribution in [3.63, 3.8) is 0 Å². The van der Waals surface area contributed by atoms with Crippen molar-refractivity contribution in [3.05, 3.63) is 16.1 Å². The van der Waals surface area contributed by atoms with Gasteiger partial charge in [-0.25, -0.2) is 4.98 Å². The van der Waals surface area contributed by atoms with Crippen molar-refractivity contribution in [3.8, 4) is 0 Å². The van der Waals surface area contributed by atoms with E-state index in [1.807, 2.05) is 14.0 Å². The van der Waals surface area contributed by atoms with Crippen molar-refractivity contribution >= 4 is 17.3 Å². The van der Waals surface area contributed by atoms with Crippen LogP contribution in [0.15, 0.2) is 10.4 Å². The van der Waals surface area contributed by atoms with Gasteiger partial charge in [0.15, 0.2) is 5.96 Å². The maximum atomic E-state index is 4.48. The predicted octanol–water partition coefficient (Wildman–Crippen LogP) is 2.42. The van der Waals surface area contributed by atoms with Crippen LogP contribution in [-0.4, -0.2) is 55.6 Å². The van der Waals surface area contributed by atoms with Gasteiger partial charge in [0.25, 0.3) is 0 Å². The molecule has 23 heavy (non-hydrogen) atoms. The average molecular weight is 338 g/mol. The Hall–Kier alpha value is -1.14. The van der Waals surface area contributed by atoms with Gasteiger partial charge in [-0.05, 0) is 26.8 Å². The second-order valence-corrected chi connectivity index (χ2v) is 7.37. The summed E-state index contributed by atoms with van der Waals surface area (Å²) in [7, 11) is 4.08. The molecule has 0 bridgehead atoms. The van der Waals surface area contributed by atoms with E-state index in [0.29, 0.717) is 0 Å². The molecule has 0 saturated heterocycles. The number of aryl methyl sites for hydroxylation is 1. The molecule has 0 atom stereocenters. The maximum Gasteiger partial charge on any atom is 0.191 e. The first-order valence-corrected chi connectivity index (χ1v) is 9.62. The normalized spacial score (nSPS) is 16.8. The Morgan fingerprint density at radius 2 is 2.04 bits per heavy atom. The standard InChI is InChI=1S/C17H31N5S/c1-14-21-15(13-23-14)9-10-19-17(18-2)20-11-12-22(3)16-7-5-4-6-8-16/h13,16H,4-12H2,1-3H3,(H2,18,19,20). The molecule has 0 aliphatic heterocycles. The largest absolute Gasteiger partial charge is 0.356 e. The van der Waals surface area contributed by atoms with Gasteiger partial charge in [0.2, 0.25) is 0 Å². The van der Waals surface area contributed by atoms with Gasteiger partial charge < -0.3 is 15.5 Å². The summed E-state index contributed by atoms with van der Waals surface area (Å²) in [6.07, 6.45) is 7.85. The van der Waals surface area contributed by atoms with Crippen LogP contribution in [0.2, 0.25) is 0 Å². The van der Waals surface area contributed by atoms with Gasteiger partial charge in [-0.15, -0.1) is 11.3 Å². The number of guanidine groups is 1. The molecule has 1 aromatic rings. The molecule has 1 heterocycles. The predicted molar refractivity (Wildman–Crippen MR) is 99.4 cm³/mol. The second-order valence-electron chi connectivity index (χ2n) is 6.31. The van der Waals surface area contributed by atoms with Crippen LogP contribution in [0, 0.1) is 6.92 Å². The van der Waals surface area contributed by atoms with Crippen LogP contribution in [0.1, 0.15) is 42.8 Å². The molecule has 130 valence electrons. The van der Waals surface area contributed by atoms with Crippen LogP contribution < -0.4 is 10.6 Å². The summed E-state index contributed by atoms with van der Waals surface area (Å²) in [5.74, 6) is 0.883. The molecule has 2 rings (SSSR count). The van der Waals surface area contributed by atoms with E-state index in [0.717, 1.165) is 48.8 Å². The molecule has 5 nitrogen and oxygen atoms in total. The summed E-state index contributed by atoms with van der Waals surface area (Å²) in [6.45, 7) is 4.91. The van der Waals surface area contributed by atoms with Crippen LogP contribution in [0.25, 0.3) is 0 Å². The Morgan fingerprint density at radius 1 is 1.30 bits per heavy atom. The lowest BCUT2D eigenvalue weighted by Crippen LogP contribution is -2.43. The van der Waals surface area contributed by atoms with Gasteiger partial charge >= 0.3 is 0 Å². The lowest BCUT2D eigenvalue weighted by molar-refractivity contribution is 0.194. The van der Waals surface area contributed by atoms with Crippen LogP contribution in [-0.2, 0) is 6.42 Å². The van der Waals surface area contributed by atoms with Crippen molar-refractivity contribution in [2.45, 2.75) is 51.5 Å². The number of aliphatic imine (C=N–C) groups is 1. The van der Waals surface area contributed by atoms with Gasteiger partial charge in [-0.1, -0.05) is 19.3 Å². The smallest absolute Gasteiger partial charge is 0.191 e. The highest BCUT2D eigenvalue weighted by molar-refractivity contribution is 7.09. The van der Waals surface area contributed by atoms with E-state index in [2.05, 4.69) is 37.9 Å². The fraction of sp³-hybridized carbons (Fsp3) is 0.765. The Morgan fingerprint density at radius 3 is 2.70 bits per heavy atom. The second kappa shape index (κ2) is 9.88. The van der Waals surface area contributed by atoms with E-state index in [-0.39, 0.29) is 0 Å². The molecular formula is C17H31N5S. The van der Waals surface area contributed by atoms with Gasteiger partial charge in [-0.2, -0.15) is 0 Å². The monoisotopic (exact) mass is 337 g/mol. The zero-order valence-corrected chi connectivity index (χ0v) is 15.6. The summed E-state index contributed by atoms with van der Waals surface area (Å²) in [5.41, 5.74) is 1.16. The van der Waals surface area contributed by atoms with Crippen molar-refractivity contribution in [2.24, 2.45) is 4.99 Å². The van der Waals surface area contributed by atoms with E-state index in [1.165, 1.54) is 32.1 Å². The lowest BCUT2D eigenvalue weighted by atomic mass is 9.94. The molecule has 2 N–H and O–H groups in total. The molecule has 0 spiro atoms. The SMILES string of the molecule is CN=C(NCCc1csc(C)n1)NCCN(C)C1CCCCC1. The van der Waals surface area contributed by atoms with Crippen LogP contribution in [0.3, 0.4) is 0 Å². The summed E-state index contributed by atoms with van der Waals surface area (Å²) in [4.78, 5) is 11.3. The van der Waals surface area contributed by atoms with E-state index >= 15 is 0 Å². The molecule has 0 amide bonds. The first kappa shape index (κ1) is 18.2. The van der Waals surface area contributed by atoms with Crippen LogP contribution >= 0.6 is 11.3 Å². The molecular weight excluding hydrogens is 306 g/mol. The molecule has 0 unspecified atom stereocenters. The Kier molecular flexibility index (Phi) is 7.82. The summed E-state index contributed by atoms with van der Waals surface area (Å²) in [6, 6.07) is 0.772. The zero-order chi connectivity index (χ0) is 16.5. The van der Waals surface area contributed by atoms with Crippen molar-refractivity contribution < 1.29 is 0 Å². The zero-order valence-electron chi connectivity index (χ0n) is 14.8. The molecule has 1 aromatic heterocycles. The van der Waals surface area contributed by atoms with Crippen molar-refractivity contribution in [1.82, 2.24) is 20.5 Å². The number of nitrogens with one attached hydrogen (secondary N) is 2. The first-order valence-electron chi connectivity index (χ1n) is 8.75. The number of hydrogen-bond acceptors (Lipinski definition) is 4. The number of likely N-dealkylation sites (N-methyl/N-ethyl adjacent to an activating group) is 1. The first-order chi connectivity index (χ1) is 11.2. The Balaban J connectivity index is 1.60. The Labute approximate surface area is 144 Å². The minimum absolute atomic E-state index is 0.772. The molecule has 1 aliphatic rings. The number of aromatic nitrogens is 1. The van der Waals surface area contributed by atoms with Crippen LogP contribution in [0.4, 0.5) is 0 Å². The summed E-state index contributed by atoms with van der Waals surface area (Å²) in [5, 5.41) is 10.0. The molecule has 1 aliphatic carbocycles. The third kappa shape index (κ3) is 6.47. The molecule has 1 fully saturated rings.